The molecule has 0 saturated carbocycles. The highest BCUT2D eigenvalue weighted by Crippen LogP contribution is 2.07. The monoisotopic (exact) mass is 232 g/mol. The summed E-state index contributed by atoms with van der Waals surface area (Å²) in [5.41, 5.74) is 0. The van der Waals surface area contributed by atoms with Gasteiger partial charge in [0.2, 0.25) is 0 Å². The Morgan fingerprint density at radius 1 is 1.38 bits per heavy atom. The van der Waals surface area contributed by atoms with Gasteiger partial charge in [-0.25, -0.2) is 4.79 Å². The zero-order valence-electron chi connectivity index (χ0n) is 9.95. The Morgan fingerprint density at radius 2 is 2.00 bits per heavy atom. The lowest BCUT2D eigenvalue weighted by molar-refractivity contribution is -0.140. The van der Waals surface area contributed by atoms with Gasteiger partial charge < -0.3 is 15.2 Å². The maximum atomic E-state index is 10.9. The highest BCUT2D eigenvalue weighted by Gasteiger charge is 2.22. The van der Waals surface area contributed by atoms with Crippen LogP contribution in [-0.4, -0.2) is 36.5 Å². The van der Waals surface area contributed by atoms with Crippen molar-refractivity contribution in [1.82, 2.24) is 10.6 Å². The molecule has 0 aromatic heterocycles. The minimum absolute atomic E-state index is 0.00138. The van der Waals surface area contributed by atoms with Crippen LogP contribution in [0.5, 0.6) is 0 Å². The first kappa shape index (κ1) is 14.7. The van der Waals surface area contributed by atoms with E-state index in [0.29, 0.717) is 6.61 Å². The molecule has 6 nitrogen and oxygen atoms in total. The Morgan fingerprint density at radius 3 is 2.44 bits per heavy atom. The van der Waals surface area contributed by atoms with Gasteiger partial charge in [-0.3, -0.25) is 10.1 Å². The lowest BCUT2D eigenvalue weighted by Crippen LogP contribution is -2.47. The number of alkyl carbamates (subject to hydrolysis) is 1. The molecule has 0 aromatic carbocycles. The Bertz CT molecular complexity index is 233. The van der Waals surface area contributed by atoms with E-state index in [9.17, 15) is 9.59 Å². The number of hydrogen-bond donors (Lipinski definition) is 3. The van der Waals surface area contributed by atoms with E-state index in [1.165, 1.54) is 0 Å². The van der Waals surface area contributed by atoms with E-state index < -0.39 is 18.1 Å². The van der Waals surface area contributed by atoms with Crippen LogP contribution >= 0.6 is 0 Å². The van der Waals surface area contributed by atoms with Gasteiger partial charge in [0.1, 0.15) is 6.04 Å². The second kappa shape index (κ2) is 7.92. The van der Waals surface area contributed by atoms with E-state index in [-0.39, 0.29) is 12.6 Å². The molecule has 2 unspecified atom stereocenters. The van der Waals surface area contributed by atoms with Gasteiger partial charge in [0, 0.05) is 0 Å². The molecule has 0 saturated heterocycles. The smallest absolute Gasteiger partial charge is 0.408 e. The van der Waals surface area contributed by atoms with Crippen molar-refractivity contribution in [3.8, 4) is 0 Å². The van der Waals surface area contributed by atoms with Crippen LogP contribution in [0, 0.1) is 5.92 Å². The molecular formula is C10H20N2O4. The van der Waals surface area contributed by atoms with Crippen molar-refractivity contribution in [1.29, 1.82) is 0 Å². The van der Waals surface area contributed by atoms with Crippen LogP contribution in [0.3, 0.4) is 0 Å². The molecule has 0 heterocycles. The molecule has 0 rings (SSSR count). The molecule has 0 fully saturated rings. The number of carbonyl (C=O) groups excluding carboxylic acids is 1. The normalized spacial score (nSPS) is 13.9. The molecule has 94 valence electrons. The standard InChI is InChI=1S/C10H20N2O4/c1-4-7(3)8(9(13)14)11-6-12-10(15)16-5-2/h7-8,11H,4-6H2,1-3H3,(H,12,15)(H,13,14). The summed E-state index contributed by atoms with van der Waals surface area (Å²) in [5.74, 6) is -0.915. The fourth-order valence-corrected chi connectivity index (χ4v) is 1.18. The van der Waals surface area contributed by atoms with Crippen LogP contribution in [-0.2, 0) is 9.53 Å². The largest absolute Gasteiger partial charge is 0.480 e. The Kier molecular flexibility index (Phi) is 7.28. The second-order valence-electron chi connectivity index (χ2n) is 3.48. The third kappa shape index (κ3) is 5.55. The molecule has 0 bridgehead atoms. The van der Waals surface area contributed by atoms with Gasteiger partial charge in [-0.15, -0.1) is 0 Å². The molecule has 1 amide bonds. The van der Waals surface area contributed by atoms with Gasteiger partial charge in [-0.1, -0.05) is 20.3 Å². The van der Waals surface area contributed by atoms with Crippen LogP contribution in [0.25, 0.3) is 0 Å². The van der Waals surface area contributed by atoms with Crippen molar-refractivity contribution >= 4 is 12.1 Å². The lowest BCUT2D eigenvalue weighted by atomic mass is 10.00. The van der Waals surface area contributed by atoms with Crippen molar-refractivity contribution in [3.05, 3.63) is 0 Å². The Labute approximate surface area is 95.4 Å². The second-order valence-corrected chi connectivity index (χ2v) is 3.48. The summed E-state index contributed by atoms with van der Waals surface area (Å²) in [4.78, 5) is 21.8. The van der Waals surface area contributed by atoms with E-state index in [1.54, 1.807) is 6.92 Å². The third-order valence-corrected chi connectivity index (χ3v) is 2.31. The van der Waals surface area contributed by atoms with Crippen LogP contribution in [0.4, 0.5) is 4.79 Å². The zero-order chi connectivity index (χ0) is 12.6. The Balaban J connectivity index is 3.94. The average Bonchev–Trinajstić information content (AvgIpc) is 2.23. The number of carboxylic acids is 1. The molecule has 3 N–H and O–H groups in total. The van der Waals surface area contributed by atoms with Gasteiger partial charge in [-0.05, 0) is 12.8 Å². The third-order valence-electron chi connectivity index (χ3n) is 2.31. The fraction of sp³-hybridized carbons (Fsp3) is 0.800. The van der Waals surface area contributed by atoms with Gasteiger partial charge >= 0.3 is 12.1 Å². The van der Waals surface area contributed by atoms with Gasteiger partial charge in [0.15, 0.2) is 0 Å². The van der Waals surface area contributed by atoms with E-state index in [0.717, 1.165) is 6.42 Å². The summed E-state index contributed by atoms with van der Waals surface area (Å²) in [6, 6.07) is -0.660. The quantitative estimate of drug-likeness (QED) is 0.564. The number of carboxylic acid groups (broad SMARTS) is 1. The van der Waals surface area contributed by atoms with Crippen molar-refractivity contribution in [2.24, 2.45) is 5.92 Å². The first-order valence-corrected chi connectivity index (χ1v) is 5.39. The number of amides is 1. The molecule has 0 aromatic rings. The molecule has 0 aliphatic heterocycles. The van der Waals surface area contributed by atoms with Gasteiger partial charge in [0.25, 0.3) is 0 Å². The van der Waals surface area contributed by atoms with E-state index in [4.69, 9.17) is 5.11 Å². The van der Waals surface area contributed by atoms with Gasteiger partial charge in [-0.2, -0.15) is 0 Å². The number of ether oxygens (including phenoxy) is 1. The van der Waals surface area contributed by atoms with Crippen LogP contribution in [0.2, 0.25) is 0 Å². The molecule has 6 heteroatoms. The summed E-state index contributed by atoms with van der Waals surface area (Å²) >= 11 is 0. The lowest BCUT2D eigenvalue weighted by Gasteiger charge is -2.20. The molecule has 0 spiro atoms. The fourth-order valence-electron chi connectivity index (χ4n) is 1.18. The van der Waals surface area contributed by atoms with Crippen molar-refractivity contribution in [3.63, 3.8) is 0 Å². The maximum absolute atomic E-state index is 10.9. The zero-order valence-corrected chi connectivity index (χ0v) is 9.95. The minimum Gasteiger partial charge on any atom is -0.480 e. The highest BCUT2D eigenvalue weighted by atomic mass is 16.5. The first-order chi connectivity index (χ1) is 7.52. The van der Waals surface area contributed by atoms with Crippen LogP contribution in [0.15, 0.2) is 0 Å². The predicted octanol–water partition coefficient (Wildman–Crippen LogP) is 0.779. The maximum Gasteiger partial charge on any atom is 0.408 e. The molecule has 0 radical (unpaired) electrons. The number of carbonyl (C=O) groups is 2. The average molecular weight is 232 g/mol. The SMILES string of the molecule is CCOC(=O)NCNC(C(=O)O)C(C)CC. The van der Waals surface area contributed by atoms with E-state index in [2.05, 4.69) is 15.4 Å². The number of nitrogens with one attached hydrogen (secondary N) is 2. The van der Waals surface area contributed by atoms with Crippen molar-refractivity contribution in [2.45, 2.75) is 33.2 Å². The predicted molar refractivity (Wildman–Crippen MR) is 59.0 cm³/mol. The summed E-state index contributed by atoms with van der Waals surface area (Å²) in [6.45, 7) is 5.84. The topological polar surface area (TPSA) is 87.7 Å². The molecule has 0 aliphatic carbocycles. The van der Waals surface area contributed by atoms with Crippen LogP contribution < -0.4 is 10.6 Å². The van der Waals surface area contributed by atoms with Crippen molar-refractivity contribution < 1.29 is 19.4 Å². The number of hydrogen-bond acceptors (Lipinski definition) is 4. The van der Waals surface area contributed by atoms with Gasteiger partial charge in [0.05, 0.1) is 13.3 Å². The molecule has 0 aliphatic rings. The highest BCUT2D eigenvalue weighted by molar-refractivity contribution is 5.74. The summed E-state index contributed by atoms with van der Waals surface area (Å²) in [7, 11) is 0. The molecular weight excluding hydrogens is 212 g/mol. The van der Waals surface area contributed by atoms with E-state index in [1.807, 2.05) is 13.8 Å². The summed E-state index contributed by atoms with van der Waals surface area (Å²) in [5, 5.41) is 14.1. The summed E-state index contributed by atoms with van der Waals surface area (Å²) in [6.07, 6.45) is 0.201. The number of rotatable bonds is 7. The van der Waals surface area contributed by atoms with Crippen molar-refractivity contribution in [2.75, 3.05) is 13.3 Å². The molecule has 2 atom stereocenters. The first-order valence-electron chi connectivity index (χ1n) is 5.39. The Hall–Kier alpha value is -1.30. The molecule has 16 heavy (non-hydrogen) atoms. The van der Waals surface area contributed by atoms with E-state index >= 15 is 0 Å². The summed E-state index contributed by atoms with van der Waals surface area (Å²) < 4.78 is 4.63. The number of aliphatic carboxylic acids is 1. The minimum atomic E-state index is -0.917. The van der Waals surface area contributed by atoms with Crippen LogP contribution in [0.1, 0.15) is 27.2 Å².